The molecule has 0 aliphatic carbocycles. The third-order valence-corrected chi connectivity index (χ3v) is 12.4. The standard InChI is InChI=1S/C56H105NO5/c1-3-5-7-9-11-13-15-17-18-21-25-28-32-36-40-44-48-54(59)53(52-58)57-55(60)49-45-41-37-33-29-26-22-19-20-23-27-31-35-39-43-47-51-62-56(61)50-46-42-38-34-30-24-16-14-12-10-8-6-4-2/h8,10,14,16,44,48,53-54,58-59H,3-7,9,11-13,15,17-43,45-47,49-52H2,1-2H3,(H,57,60)/b10-8-,16-14-,48-44+. The molecule has 6 heteroatoms. The van der Waals surface area contributed by atoms with Gasteiger partial charge in [-0.1, -0.05) is 249 Å². The number of nitrogens with one attached hydrogen (secondary N) is 1. The van der Waals surface area contributed by atoms with Crippen molar-refractivity contribution in [2.24, 2.45) is 0 Å². The minimum atomic E-state index is -0.849. The van der Waals surface area contributed by atoms with E-state index in [0.29, 0.717) is 19.4 Å². The van der Waals surface area contributed by atoms with Crippen LogP contribution in [-0.4, -0.2) is 47.4 Å². The Morgan fingerprint density at radius 1 is 0.452 bits per heavy atom. The molecule has 0 aliphatic rings. The molecule has 6 nitrogen and oxygen atoms in total. The minimum Gasteiger partial charge on any atom is -0.466 e. The summed E-state index contributed by atoms with van der Waals surface area (Å²) in [6, 6.07) is -0.633. The highest BCUT2D eigenvalue weighted by Crippen LogP contribution is 2.16. The molecule has 2 unspecified atom stereocenters. The Kier molecular flexibility index (Phi) is 50.1. The van der Waals surface area contributed by atoms with E-state index in [1.807, 2.05) is 6.08 Å². The van der Waals surface area contributed by atoms with Crippen molar-refractivity contribution in [2.75, 3.05) is 13.2 Å². The summed E-state index contributed by atoms with van der Waals surface area (Å²) in [5.74, 6) is -0.0883. The SMILES string of the molecule is CCC/C=C\C/C=C\CCCCCCCC(=O)OCCCCCCCCCCCCCCCCCCC(=O)NC(CO)C(O)/C=C/CCCCCCCCCCCCCCCC. The zero-order valence-electron chi connectivity index (χ0n) is 41.4. The maximum absolute atomic E-state index is 12.4. The number of esters is 1. The van der Waals surface area contributed by atoms with Crippen LogP contribution >= 0.6 is 0 Å². The number of carbonyl (C=O) groups is 2. The van der Waals surface area contributed by atoms with Crippen LogP contribution in [-0.2, 0) is 14.3 Å². The summed E-state index contributed by atoms with van der Waals surface area (Å²) in [5.41, 5.74) is 0. The van der Waals surface area contributed by atoms with Gasteiger partial charge in [0.25, 0.3) is 0 Å². The molecule has 364 valence electrons. The zero-order valence-corrected chi connectivity index (χ0v) is 41.4. The normalized spacial score (nSPS) is 12.9. The van der Waals surface area contributed by atoms with Gasteiger partial charge in [0.1, 0.15) is 0 Å². The Hall–Kier alpha value is -1.92. The molecule has 2 atom stereocenters. The summed E-state index contributed by atoms with van der Waals surface area (Å²) < 4.78 is 5.45. The lowest BCUT2D eigenvalue weighted by Gasteiger charge is -2.20. The van der Waals surface area contributed by atoms with E-state index in [1.165, 1.54) is 199 Å². The van der Waals surface area contributed by atoms with Crippen LogP contribution in [0.1, 0.15) is 284 Å². The number of carbonyl (C=O) groups excluding carboxylic acids is 2. The molecule has 0 heterocycles. The molecule has 0 fully saturated rings. The zero-order chi connectivity index (χ0) is 45.1. The largest absolute Gasteiger partial charge is 0.466 e. The summed E-state index contributed by atoms with van der Waals surface area (Å²) in [5, 5.41) is 23.1. The van der Waals surface area contributed by atoms with E-state index in [9.17, 15) is 19.8 Å². The molecule has 0 aromatic heterocycles. The van der Waals surface area contributed by atoms with Crippen LogP contribution < -0.4 is 5.32 Å². The van der Waals surface area contributed by atoms with Crippen LogP contribution in [0, 0.1) is 0 Å². The number of allylic oxidation sites excluding steroid dienone is 5. The minimum absolute atomic E-state index is 0.0135. The summed E-state index contributed by atoms with van der Waals surface area (Å²) in [6.45, 7) is 4.82. The highest BCUT2D eigenvalue weighted by atomic mass is 16.5. The van der Waals surface area contributed by atoms with Gasteiger partial charge in [0.15, 0.2) is 0 Å². The van der Waals surface area contributed by atoms with E-state index in [4.69, 9.17) is 4.74 Å². The smallest absolute Gasteiger partial charge is 0.305 e. The fourth-order valence-electron chi connectivity index (χ4n) is 8.20. The van der Waals surface area contributed by atoms with Crippen LogP contribution in [0.25, 0.3) is 0 Å². The number of unbranched alkanes of at least 4 members (excludes halogenated alkanes) is 35. The van der Waals surface area contributed by atoms with E-state index in [0.717, 1.165) is 57.8 Å². The van der Waals surface area contributed by atoms with Gasteiger partial charge in [-0.25, -0.2) is 0 Å². The van der Waals surface area contributed by atoms with Gasteiger partial charge in [0, 0.05) is 12.8 Å². The number of rotatable bonds is 50. The van der Waals surface area contributed by atoms with Gasteiger partial charge < -0.3 is 20.3 Å². The van der Waals surface area contributed by atoms with Crippen molar-refractivity contribution >= 4 is 11.9 Å². The molecule has 1 amide bonds. The van der Waals surface area contributed by atoms with Crippen molar-refractivity contribution in [1.29, 1.82) is 0 Å². The lowest BCUT2D eigenvalue weighted by Crippen LogP contribution is -2.45. The number of aliphatic hydroxyl groups excluding tert-OH is 2. The molecular weight excluding hydrogens is 767 g/mol. The molecule has 0 aliphatic heterocycles. The first-order valence-electron chi connectivity index (χ1n) is 27.3. The van der Waals surface area contributed by atoms with Crippen LogP contribution in [0.5, 0.6) is 0 Å². The fraction of sp³-hybridized carbons (Fsp3) is 0.857. The molecule has 3 N–H and O–H groups in total. The molecule has 0 saturated heterocycles. The van der Waals surface area contributed by atoms with Crippen molar-refractivity contribution < 1.29 is 24.5 Å². The maximum atomic E-state index is 12.4. The molecule has 0 rings (SSSR count). The van der Waals surface area contributed by atoms with Crippen LogP contribution in [0.15, 0.2) is 36.5 Å². The summed E-state index contributed by atoms with van der Waals surface area (Å²) in [6.07, 6.45) is 62.9. The first-order chi connectivity index (χ1) is 30.5. The molecule has 62 heavy (non-hydrogen) atoms. The first-order valence-corrected chi connectivity index (χ1v) is 27.3. The van der Waals surface area contributed by atoms with Gasteiger partial charge in [0.2, 0.25) is 5.91 Å². The monoisotopic (exact) mass is 872 g/mol. The number of aliphatic hydroxyl groups is 2. The number of hydrogen-bond donors (Lipinski definition) is 3. The van der Waals surface area contributed by atoms with E-state index < -0.39 is 12.1 Å². The van der Waals surface area contributed by atoms with E-state index in [1.54, 1.807) is 6.08 Å². The van der Waals surface area contributed by atoms with Gasteiger partial charge >= 0.3 is 5.97 Å². The van der Waals surface area contributed by atoms with E-state index >= 15 is 0 Å². The predicted octanol–water partition coefficient (Wildman–Crippen LogP) is 16.5. The third-order valence-electron chi connectivity index (χ3n) is 12.4. The Morgan fingerprint density at radius 3 is 1.29 bits per heavy atom. The van der Waals surface area contributed by atoms with Gasteiger partial charge in [0.05, 0.1) is 25.4 Å². The number of ether oxygens (including phenoxy) is 1. The summed E-state index contributed by atoms with van der Waals surface area (Å²) in [7, 11) is 0. The van der Waals surface area contributed by atoms with Crippen LogP contribution in [0.3, 0.4) is 0 Å². The summed E-state index contributed by atoms with van der Waals surface area (Å²) in [4.78, 5) is 24.5. The van der Waals surface area contributed by atoms with Crippen LogP contribution in [0.2, 0.25) is 0 Å². The quantitative estimate of drug-likeness (QED) is 0.0321. The second kappa shape index (κ2) is 51.7. The van der Waals surface area contributed by atoms with Crippen molar-refractivity contribution in [3.8, 4) is 0 Å². The molecular formula is C56H105NO5. The average molecular weight is 872 g/mol. The predicted molar refractivity (Wildman–Crippen MR) is 269 cm³/mol. The molecule has 0 radical (unpaired) electrons. The second-order valence-electron chi connectivity index (χ2n) is 18.6. The van der Waals surface area contributed by atoms with Gasteiger partial charge in [-0.2, -0.15) is 0 Å². The summed E-state index contributed by atoms with van der Waals surface area (Å²) >= 11 is 0. The Balaban J connectivity index is 3.47. The lowest BCUT2D eigenvalue weighted by molar-refractivity contribution is -0.143. The second-order valence-corrected chi connectivity index (χ2v) is 18.6. The molecule has 0 aromatic rings. The Bertz CT molecular complexity index is 1010. The first kappa shape index (κ1) is 60.1. The third kappa shape index (κ3) is 47.6. The van der Waals surface area contributed by atoms with E-state index in [2.05, 4.69) is 43.5 Å². The van der Waals surface area contributed by atoms with Gasteiger partial charge in [-0.05, 0) is 57.8 Å². The van der Waals surface area contributed by atoms with Crippen molar-refractivity contribution in [3.05, 3.63) is 36.5 Å². The van der Waals surface area contributed by atoms with Crippen LogP contribution in [0.4, 0.5) is 0 Å². The molecule has 0 bridgehead atoms. The van der Waals surface area contributed by atoms with E-state index in [-0.39, 0.29) is 18.5 Å². The maximum Gasteiger partial charge on any atom is 0.305 e. The Morgan fingerprint density at radius 2 is 0.839 bits per heavy atom. The molecule has 0 spiro atoms. The van der Waals surface area contributed by atoms with Gasteiger partial charge in [-0.15, -0.1) is 0 Å². The lowest BCUT2D eigenvalue weighted by atomic mass is 10.0. The van der Waals surface area contributed by atoms with Crippen molar-refractivity contribution in [3.63, 3.8) is 0 Å². The topological polar surface area (TPSA) is 95.9 Å². The van der Waals surface area contributed by atoms with Crippen molar-refractivity contribution in [1.82, 2.24) is 5.32 Å². The Labute approximate surface area is 385 Å². The van der Waals surface area contributed by atoms with Crippen molar-refractivity contribution in [2.45, 2.75) is 296 Å². The highest BCUT2D eigenvalue weighted by molar-refractivity contribution is 5.76. The molecule has 0 saturated carbocycles. The highest BCUT2D eigenvalue weighted by Gasteiger charge is 2.18. The van der Waals surface area contributed by atoms with Gasteiger partial charge in [-0.3, -0.25) is 9.59 Å². The fourth-order valence-corrected chi connectivity index (χ4v) is 8.20. The average Bonchev–Trinajstić information content (AvgIpc) is 3.27. The number of amides is 1. The number of hydrogen-bond acceptors (Lipinski definition) is 5. The molecule has 0 aromatic carbocycles.